The van der Waals surface area contributed by atoms with Crippen LogP contribution < -0.4 is 4.90 Å². The minimum atomic E-state index is -4.50. The summed E-state index contributed by atoms with van der Waals surface area (Å²) in [5.74, 6) is -1.29. The summed E-state index contributed by atoms with van der Waals surface area (Å²) in [6.07, 6.45) is -4.50. The lowest BCUT2D eigenvalue weighted by Gasteiger charge is -2.07. The molecular weight excluding hydrogens is 252 g/mol. The number of carbonyl (C=O) groups is 1. The highest BCUT2D eigenvalue weighted by Gasteiger charge is 2.34. The van der Waals surface area contributed by atoms with Gasteiger partial charge in [0, 0.05) is 12.6 Å². The van der Waals surface area contributed by atoms with E-state index in [1.165, 1.54) is 13.1 Å². The largest absolute Gasteiger partial charge is 0.407 e. The van der Waals surface area contributed by atoms with Gasteiger partial charge in [0.2, 0.25) is 0 Å². The second kappa shape index (κ2) is 4.08. The van der Waals surface area contributed by atoms with Crippen molar-refractivity contribution < 1.29 is 22.4 Å². The van der Waals surface area contributed by atoms with E-state index in [9.17, 15) is 22.4 Å². The molecule has 2 rings (SSSR count). The van der Waals surface area contributed by atoms with E-state index in [0.717, 1.165) is 17.0 Å². The van der Waals surface area contributed by atoms with Gasteiger partial charge < -0.3 is 4.90 Å². The highest BCUT2D eigenvalue weighted by atomic mass is 19.4. The first-order chi connectivity index (χ1) is 8.29. The van der Waals surface area contributed by atoms with Crippen molar-refractivity contribution in [2.45, 2.75) is 6.18 Å². The molecule has 3 nitrogen and oxygen atoms in total. The maximum Gasteiger partial charge on any atom is 0.407 e. The lowest BCUT2D eigenvalue weighted by atomic mass is 10.1. The zero-order valence-corrected chi connectivity index (χ0v) is 9.25. The lowest BCUT2D eigenvalue weighted by Crippen LogP contribution is -2.26. The van der Waals surface area contributed by atoms with Crippen molar-refractivity contribution in [3.63, 3.8) is 0 Å². The molecule has 0 atom stereocenters. The summed E-state index contributed by atoms with van der Waals surface area (Å²) in [4.78, 5) is 16.1. The molecule has 18 heavy (non-hydrogen) atoms. The van der Waals surface area contributed by atoms with Gasteiger partial charge >= 0.3 is 6.18 Å². The van der Waals surface area contributed by atoms with Crippen LogP contribution in [0.5, 0.6) is 0 Å². The Balaban J connectivity index is 2.45. The van der Waals surface area contributed by atoms with E-state index in [4.69, 9.17) is 0 Å². The lowest BCUT2D eigenvalue weighted by molar-refractivity contribution is -0.118. The summed E-state index contributed by atoms with van der Waals surface area (Å²) in [6.45, 7) is -1.46. The Bertz CT molecular complexity index is 536. The fraction of sp³-hybridized carbons (Fsp3) is 0.273. The number of carbonyl (C=O) groups excluding carboxylic acids is 1. The number of hydrogen-bond acceptors (Lipinski definition) is 2. The fourth-order valence-electron chi connectivity index (χ4n) is 1.70. The number of halogens is 4. The molecule has 7 heteroatoms. The first kappa shape index (κ1) is 12.5. The van der Waals surface area contributed by atoms with Gasteiger partial charge in [-0.1, -0.05) is 0 Å². The SMILES string of the molecule is CN1C(=O)C(=NCC(F)(F)F)c2cc(F)ccc21. The van der Waals surface area contributed by atoms with Gasteiger partial charge in [0.25, 0.3) is 5.91 Å². The summed E-state index contributed by atoms with van der Waals surface area (Å²) in [5.41, 5.74) is 0.0819. The number of fused-ring (bicyclic) bond motifs is 1. The van der Waals surface area contributed by atoms with Gasteiger partial charge in [0.1, 0.15) is 18.1 Å². The fourth-order valence-corrected chi connectivity index (χ4v) is 1.70. The number of likely N-dealkylation sites (N-methyl/N-ethyl adjacent to an activating group) is 1. The van der Waals surface area contributed by atoms with E-state index in [1.807, 2.05) is 0 Å². The number of benzene rings is 1. The van der Waals surface area contributed by atoms with Crippen LogP contribution in [0.15, 0.2) is 23.2 Å². The zero-order chi connectivity index (χ0) is 13.5. The van der Waals surface area contributed by atoms with Gasteiger partial charge in [0.05, 0.1) is 5.69 Å². The van der Waals surface area contributed by atoms with E-state index < -0.39 is 24.4 Å². The van der Waals surface area contributed by atoms with Crippen LogP contribution in [0.3, 0.4) is 0 Å². The molecule has 0 N–H and O–H groups in total. The molecule has 0 saturated carbocycles. The Kier molecular flexibility index (Phi) is 2.84. The van der Waals surface area contributed by atoms with Crippen molar-refractivity contribution in [1.82, 2.24) is 0 Å². The van der Waals surface area contributed by atoms with Crippen LogP contribution in [0.25, 0.3) is 0 Å². The van der Waals surface area contributed by atoms with Crippen LogP contribution in [-0.2, 0) is 4.79 Å². The van der Waals surface area contributed by atoms with Crippen molar-refractivity contribution in [3.8, 4) is 0 Å². The molecule has 1 heterocycles. The van der Waals surface area contributed by atoms with Crippen LogP contribution in [0.2, 0.25) is 0 Å². The van der Waals surface area contributed by atoms with Gasteiger partial charge in [0.15, 0.2) is 0 Å². The molecule has 96 valence electrons. The minimum Gasteiger partial charge on any atom is -0.309 e. The Morgan fingerprint density at radius 1 is 1.33 bits per heavy atom. The second-order valence-electron chi connectivity index (χ2n) is 3.81. The number of nitrogens with zero attached hydrogens (tertiary/aromatic N) is 2. The van der Waals surface area contributed by atoms with Crippen LogP contribution in [0.4, 0.5) is 23.2 Å². The first-order valence-corrected chi connectivity index (χ1v) is 4.99. The van der Waals surface area contributed by atoms with E-state index in [2.05, 4.69) is 4.99 Å². The third-order valence-corrected chi connectivity index (χ3v) is 2.50. The van der Waals surface area contributed by atoms with Gasteiger partial charge in [-0.3, -0.25) is 9.79 Å². The number of alkyl halides is 3. The van der Waals surface area contributed by atoms with Gasteiger partial charge in [-0.2, -0.15) is 13.2 Å². The van der Waals surface area contributed by atoms with Crippen molar-refractivity contribution in [2.24, 2.45) is 4.99 Å². The summed E-state index contributed by atoms with van der Waals surface area (Å²) in [7, 11) is 1.40. The van der Waals surface area contributed by atoms with Gasteiger partial charge in [-0.15, -0.1) is 0 Å². The Hall–Kier alpha value is -1.92. The van der Waals surface area contributed by atoms with Crippen molar-refractivity contribution in [2.75, 3.05) is 18.5 Å². The molecule has 0 unspecified atom stereocenters. The summed E-state index contributed by atoms with van der Waals surface area (Å²) in [5, 5.41) is 0. The van der Waals surface area contributed by atoms with E-state index in [0.29, 0.717) is 5.69 Å². The van der Waals surface area contributed by atoms with Gasteiger partial charge in [-0.25, -0.2) is 4.39 Å². The van der Waals surface area contributed by atoms with Crippen LogP contribution in [-0.4, -0.2) is 31.4 Å². The molecule has 0 aromatic heterocycles. The molecule has 0 bridgehead atoms. The topological polar surface area (TPSA) is 32.7 Å². The Morgan fingerprint density at radius 3 is 2.61 bits per heavy atom. The zero-order valence-electron chi connectivity index (χ0n) is 9.25. The predicted molar refractivity (Wildman–Crippen MR) is 57.3 cm³/mol. The van der Waals surface area contributed by atoms with Crippen molar-refractivity contribution in [1.29, 1.82) is 0 Å². The minimum absolute atomic E-state index is 0.0896. The molecule has 1 amide bonds. The summed E-state index contributed by atoms with van der Waals surface area (Å²) < 4.78 is 49.3. The molecule has 0 aliphatic carbocycles. The molecule has 0 saturated heterocycles. The van der Waals surface area contributed by atoms with Gasteiger partial charge in [-0.05, 0) is 18.2 Å². The molecule has 0 fully saturated rings. The first-order valence-electron chi connectivity index (χ1n) is 4.99. The van der Waals surface area contributed by atoms with E-state index in [-0.39, 0.29) is 11.3 Å². The Labute approximate surface area is 99.7 Å². The maximum atomic E-state index is 13.1. The summed E-state index contributed by atoms with van der Waals surface area (Å²) in [6, 6.07) is 3.47. The van der Waals surface area contributed by atoms with Crippen molar-refractivity contribution >= 4 is 17.3 Å². The number of amides is 1. The molecule has 1 aliphatic rings. The summed E-state index contributed by atoms with van der Waals surface area (Å²) >= 11 is 0. The molecule has 1 aliphatic heterocycles. The Morgan fingerprint density at radius 2 is 2.00 bits per heavy atom. The average Bonchev–Trinajstić information content (AvgIpc) is 2.48. The number of rotatable bonds is 1. The highest BCUT2D eigenvalue weighted by Crippen LogP contribution is 2.29. The predicted octanol–water partition coefficient (Wildman–Crippen LogP) is 2.15. The standard InChI is InChI=1S/C11H8F4N2O/c1-17-8-3-2-6(12)4-7(8)9(10(17)18)16-5-11(13,14)15/h2-4H,5H2,1H3. The maximum absolute atomic E-state index is 13.1. The third kappa shape index (κ3) is 2.20. The monoisotopic (exact) mass is 260 g/mol. The molecule has 0 radical (unpaired) electrons. The normalized spacial score (nSPS) is 17.5. The molecular formula is C11H8F4N2O. The highest BCUT2D eigenvalue weighted by molar-refractivity contribution is 6.54. The van der Waals surface area contributed by atoms with E-state index >= 15 is 0 Å². The quantitative estimate of drug-likeness (QED) is 0.712. The van der Waals surface area contributed by atoms with Crippen molar-refractivity contribution in [3.05, 3.63) is 29.6 Å². The van der Waals surface area contributed by atoms with Crippen LogP contribution in [0.1, 0.15) is 5.56 Å². The van der Waals surface area contributed by atoms with Crippen LogP contribution in [0, 0.1) is 5.82 Å². The smallest absolute Gasteiger partial charge is 0.309 e. The van der Waals surface area contributed by atoms with E-state index in [1.54, 1.807) is 0 Å². The average molecular weight is 260 g/mol. The van der Waals surface area contributed by atoms with Crippen LogP contribution >= 0.6 is 0 Å². The number of anilines is 1. The number of aliphatic imine (C=N–C) groups is 1. The molecule has 1 aromatic carbocycles. The number of hydrogen-bond donors (Lipinski definition) is 0. The molecule has 1 aromatic rings. The third-order valence-electron chi connectivity index (χ3n) is 2.50. The molecule has 0 spiro atoms. The second-order valence-corrected chi connectivity index (χ2v) is 3.81.